The van der Waals surface area contributed by atoms with Gasteiger partial charge in [-0.25, -0.2) is 8.42 Å². The predicted octanol–water partition coefficient (Wildman–Crippen LogP) is 4.78. The van der Waals surface area contributed by atoms with Crippen LogP contribution in [0.5, 0.6) is 0 Å². The fourth-order valence-corrected chi connectivity index (χ4v) is 5.80. The third kappa shape index (κ3) is 4.00. The van der Waals surface area contributed by atoms with E-state index < -0.39 is 10.0 Å². The maximum Gasteiger partial charge on any atom is 0.262 e. The molecule has 0 bridgehead atoms. The number of para-hydroxylation sites is 1. The zero-order valence-corrected chi connectivity index (χ0v) is 19.4. The van der Waals surface area contributed by atoms with Crippen molar-refractivity contribution in [3.8, 4) is 0 Å². The van der Waals surface area contributed by atoms with E-state index in [1.165, 1.54) is 11.3 Å². The zero-order chi connectivity index (χ0) is 23.2. The Hall–Kier alpha value is -3.58. The second-order valence-corrected chi connectivity index (χ2v) is 10.2. The topological polar surface area (TPSA) is 82.3 Å². The van der Waals surface area contributed by atoms with Gasteiger partial charge in [-0.2, -0.15) is 0 Å². The molecule has 168 valence electrons. The Morgan fingerprint density at radius 2 is 1.76 bits per heavy atom. The average molecular weight is 460 g/mol. The van der Waals surface area contributed by atoms with Crippen molar-refractivity contribution in [1.82, 2.24) is 9.88 Å². The van der Waals surface area contributed by atoms with Gasteiger partial charge in [0.1, 0.15) is 0 Å². The lowest BCUT2D eigenvalue weighted by Gasteiger charge is -2.27. The van der Waals surface area contributed by atoms with Gasteiger partial charge < -0.3 is 9.88 Å². The highest BCUT2D eigenvalue weighted by molar-refractivity contribution is 7.92. The molecule has 0 radical (unpaired) electrons. The normalized spacial score (nSPS) is 13.7. The number of sulfonamides is 1. The molecule has 3 aromatic carbocycles. The first-order valence-corrected chi connectivity index (χ1v) is 12.4. The Kier molecular flexibility index (Phi) is 5.21. The third-order valence-electron chi connectivity index (χ3n) is 6.19. The van der Waals surface area contributed by atoms with Gasteiger partial charge in [0, 0.05) is 52.9 Å². The fourth-order valence-electron chi connectivity index (χ4n) is 4.41. The summed E-state index contributed by atoms with van der Waals surface area (Å²) in [5.41, 5.74) is 5.97. The number of H-pyrrole nitrogens is 1. The highest BCUT2D eigenvalue weighted by atomic mass is 32.2. The Morgan fingerprint density at radius 1 is 1.00 bits per heavy atom. The average Bonchev–Trinajstić information content (AvgIpc) is 3.18. The van der Waals surface area contributed by atoms with Crippen molar-refractivity contribution in [2.45, 2.75) is 31.7 Å². The number of aromatic nitrogens is 1. The molecule has 7 heteroatoms. The van der Waals surface area contributed by atoms with E-state index in [-0.39, 0.29) is 10.8 Å². The van der Waals surface area contributed by atoms with Crippen molar-refractivity contribution in [2.24, 2.45) is 0 Å². The van der Waals surface area contributed by atoms with Gasteiger partial charge in [-0.1, -0.05) is 30.3 Å². The number of benzene rings is 3. The van der Waals surface area contributed by atoms with Crippen molar-refractivity contribution >= 4 is 32.5 Å². The summed E-state index contributed by atoms with van der Waals surface area (Å²) in [6.45, 7) is 4.82. The molecule has 1 aliphatic heterocycles. The maximum atomic E-state index is 13.1. The predicted molar refractivity (Wildman–Crippen MR) is 130 cm³/mol. The van der Waals surface area contributed by atoms with Crippen LogP contribution in [0.3, 0.4) is 0 Å². The maximum absolute atomic E-state index is 13.1. The van der Waals surface area contributed by atoms with Crippen LogP contribution in [0, 0.1) is 13.8 Å². The number of aromatic amines is 1. The molecule has 0 saturated heterocycles. The van der Waals surface area contributed by atoms with Gasteiger partial charge in [0.2, 0.25) is 0 Å². The minimum absolute atomic E-state index is 0.0603. The summed E-state index contributed by atoms with van der Waals surface area (Å²) in [5, 5.41) is 1.15. The molecule has 1 aliphatic rings. The number of carbonyl (C=O) groups is 1. The quantitative estimate of drug-likeness (QED) is 0.461. The van der Waals surface area contributed by atoms with Gasteiger partial charge in [-0.05, 0) is 61.4 Å². The Bertz CT molecular complexity index is 1470. The van der Waals surface area contributed by atoms with Crippen molar-refractivity contribution in [3.05, 3.63) is 94.7 Å². The molecule has 6 nitrogen and oxygen atoms in total. The number of fused-ring (bicyclic) bond motifs is 3. The molecule has 0 fully saturated rings. The molecule has 0 aliphatic carbocycles. The van der Waals surface area contributed by atoms with Crippen LogP contribution in [-0.2, 0) is 23.0 Å². The lowest BCUT2D eigenvalue weighted by Crippen LogP contribution is -2.35. The highest BCUT2D eigenvalue weighted by Crippen LogP contribution is 2.28. The van der Waals surface area contributed by atoms with Crippen LogP contribution in [0.2, 0.25) is 0 Å². The summed E-state index contributed by atoms with van der Waals surface area (Å²) in [4.78, 5) is 18.7. The summed E-state index contributed by atoms with van der Waals surface area (Å²) in [6, 6.07) is 20.1. The zero-order valence-electron chi connectivity index (χ0n) is 18.6. The standard InChI is InChI=1S/C26H25N3O3S/c1-17-7-8-18(2)25(15-17)33(31,32)28-20-11-9-19(10-12-20)26(30)29-14-13-24-22(16-29)21-5-3-4-6-23(21)27-24/h3-12,15,27-28H,13-14,16H2,1-2H3. The summed E-state index contributed by atoms with van der Waals surface area (Å²) in [6.07, 6.45) is 0.781. The number of hydrogen-bond donors (Lipinski definition) is 2. The van der Waals surface area contributed by atoms with E-state index in [9.17, 15) is 13.2 Å². The van der Waals surface area contributed by atoms with Crippen molar-refractivity contribution in [2.75, 3.05) is 11.3 Å². The second kappa shape index (κ2) is 8.08. The number of hydrogen-bond acceptors (Lipinski definition) is 3. The number of anilines is 1. The van der Waals surface area contributed by atoms with Crippen LogP contribution in [0.4, 0.5) is 5.69 Å². The molecule has 0 saturated carbocycles. The number of amides is 1. The Morgan fingerprint density at radius 3 is 2.55 bits per heavy atom. The van der Waals surface area contributed by atoms with Crippen LogP contribution >= 0.6 is 0 Å². The van der Waals surface area contributed by atoms with Gasteiger partial charge in [-0.3, -0.25) is 9.52 Å². The first-order chi connectivity index (χ1) is 15.8. The molecule has 0 spiro atoms. The van der Waals surface area contributed by atoms with E-state index in [4.69, 9.17) is 0 Å². The lowest BCUT2D eigenvalue weighted by atomic mass is 10.0. The van der Waals surface area contributed by atoms with Crippen molar-refractivity contribution in [1.29, 1.82) is 0 Å². The first kappa shape index (κ1) is 21.3. The molecule has 5 rings (SSSR count). The third-order valence-corrected chi connectivity index (χ3v) is 7.71. The largest absolute Gasteiger partial charge is 0.358 e. The molecular weight excluding hydrogens is 434 g/mol. The Balaban J connectivity index is 1.33. The van der Waals surface area contributed by atoms with Gasteiger partial charge in [-0.15, -0.1) is 0 Å². The number of aryl methyl sites for hydroxylation is 2. The molecule has 1 aromatic heterocycles. The van der Waals surface area contributed by atoms with Crippen molar-refractivity contribution in [3.63, 3.8) is 0 Å². The SMILES string of the molecule is Cc1ccc(C)c(S(=O)(=O)Nc2ccc(C(=O)N3CCc4[nH]c5ccccc5c4C3)cc2)c1. The number of nitrogens with zero attached hydrogens (tertiary/aromatic N) is 1. The van der Waals surface area contributed by atoms with E-state index in [0.29, 0.717) is 29.9 Å². The van der Waals surface area contributed by atoms with Gasteiger partial charge in [0.25, 0.3) is 15.9 Å². The first-order valence-electron chi connectivity index (χ1n) is 10.9. The van der Waals surface area contributed by atoms with E-state index >= 15 is 0 Å². The Labute approximate surface area is 193 Å². The van der Waals surface area contributed by atoms with Crippen LogP contribution in [0.15, 0.2) is 71.6 Å². The van der Waals surface area contributed by atoms with Gasteiger partial charge in [0.05, 0.1) is 4.90 Å². The van der Waals surface area contributed by atoms with Gasteiger partial charge in [0.15, 0.2) is 0 Å². The highest BCUT2D eigenvalue weighted by Gasteiger charge is 2.25. The minimum atomic E-state index is -3.72. The summed E-state index contributed by atoms with van der Waals surface area (Å²) >= 11 is 0. The van der Waals surface area contributed by atoms with Crippen LogP contribution in [0.25, 0.3) is 10.9 Å². The summed E-state index contributed by atoms with van der Waals surface area (Å²) in [5.74, 6) is -0.0603. The fraction of sp³-hybridized carbons (Fsp3) is 0.192. The number of rotatable bonds is 4. The van der Waals surface area contributed by atoms with E-state index in [2.05, 4.69) is 21.8 Å². The molecule has 2 heterocycles. The lowest BCUT2D eigenvalue weighted by molar-refractivity contribution is 0.0735. The van der Waals surface area contributed by atoms with E-state index in [1.807, 2.05) is 30.0 Å². The van der Waals surface area contributed by atoms with E-state index in [1.54, 1.807) is 43.3 Å². The molecule has 1 amide bonds. The van der Waals surface area contributed by atoms with Crippen LogP contribution in [0.1, 0.15) is 32.7 Å². The monoisotopic (exact) mass is 459 g/mol. The molecule has 2 N–H and O–H groups in total. The van der Waals surface area contributed by atoms with E-state index in [0.717, 1.165) is 22.9 Å². The number of nitrogens with one attached hydrogen (secondary N) is 2. The van der Waals surface area contributed by atoms with Crippen LogP contribution < -0.4 is 4.72 Å². The summed E-state index contributed by atoms with van der Waals surface area (Å²) in [7, 11) is -3.72. The van der Waals surface area contributed by atoms with Crippen LogP contribution in [-0.4, -0.2) is 30.8 Å². The second-order valence-electron chi connectivity index (χ2n) is 8.56. The van der Waals surface area contributed by atoms with Gasteiger partial charge >= 0.3 is 0 Å². The smallest absolute Gasteiger partial charge is 0.262 e. The van der Waals surface area contributed by atoms with Crippen molar-refractivity contribution < 1.29 is 13.2 Å². The molecular formula is C26H25N3O3S. The molecule has 4 aromatic rings. The molecule has 0 atom stereocenters. The number of carbonyl (C=O) groups excluding carboxylic acids is 1. The minimum Gasteiger partial charge on any atom is -0.358 e. The molecule has 0 unspecified atom stereocenters. The summed E-state index contributed by atoms with van der Waals surface area (Å²) < 4.78 is 28.3. The molecule has 33 heavy (non-hydrogen) atoms.